The molecule has 130 valence electrons. The molecule has 1 amide bonds. The third-order valence-electron chi connectivity index (χ3n) is 4.86. The first-order valence-corrected chi connectivity index (χ1v) is 9.13. The summed E-state index contributed by atoms with van der Waals surface area (Å²) in [5.41, 5.74) is 3.71. The first-order chi connectivity index (χ1) is 11.2. The first-order valence-electron chi connectivity index (χ1n) is 8.31. The standard InChI is InChI=1S/C16H21N5OS.ClH/c1-2-9-3-4-12-13(7-9)23-16(18-12)19-15(22)14-10-8-17-6-5-11(10)20-21-14;/h9,17H,2-8H2,1H3,(H,20,21)(H,18,19,22);1H. The fourth-order valence-corrected chi connectivity index (χ4v) is 4.53. The van der Waals surface area contributed by atoms with Crippen molar-refractivity contribution in [1.82, 2.24) is 20.5 Å². The first kappa shape index (κ1) is 17.4. The van der Waals surface area contributed by atoms with Crippen molar-refractivity contribution in [1.29, 1.82) is 0 Å². The predicted molar refractivity (Wildman–Crippen MR) is 97.1 cm³/mol. The van der Waals surface area contributed by atoms with E-state index in [4.69, 9.17) is 0 Å². The Morgan fingerprint density at radius 2 is 2.29 bits per heavy atom. The highest BCUT2D eigenvalue weighted by Crippen LogP contribution is 2.33. The molecule has 1 atom stereocenters. The number of nitrogens with one attached hydrogen (secondary N) is 3. The number of H-pyrrole nitrogens is 1. The van der Waals surface area contributed by atoms with E-state index < -0.39 is 0 Å². The van der Waals surface area contributed by atoms with E-state index in [1.54, 1.807) is 11.3 Å². The lowest BCUT2D eigenvalue weighted by Gasteiger charge is -2.18. The highest BCUT2D eigenvalue weighted by Gasteiger charge is 2.25. The Balaban J connectivity index is 0.00000169. The Morgan fingerprint density at radius 1 is 1.42 bits per heavy atom. The normalized spacial score (nSPS) is 19.1. The van der Waals surface area contributed by atoms with Crippen LogP contribution in [0.5, 0.6) is 0 Å². The van der Waals surface area contributed by atoms with Gasteiger partial charge < -0.3 is 5.32 Å². The number of aromatic amines is 1. The van der Waals surface area contributed by atoms with Crippen molar-refractivity contribution in [2.45, 2.75) is 45.6 Å². The highest BCUT2D eigenvalue weighted by molar-refractivity contribution is 7.15. The van der Waals surface area contributed by atoms with Gasteiger partial charge in [-0.05, 0) is 25.2 Å². The molecule has 0 radical (unpaired) electrons. The molecule has 0 bridgehead atoms. The molecule has 0 saturated carbocycles. The molecule has 0 aromatic carbocycles. The van der Waals surface area contributed by atoms with Crippen LogP contribution in [0.1, 0.15) is 52.1 Å². The molecule has 6 nitrogen and oxygen atoms in total. The summed E-state index contributed by atoms with van der Waals surface area (Å²) in [4.78, 5) is 18.5. The van der Waals surface area contributed by atoms with E-state index in [1.165, 1.54) is 23.4 Å². The summed E-state index contributed by atoms with van der Waals surface area (Å²) in [6.07, 6.45) is 5.44. The lowest BCUT2D eigenvalue weighted by Crippen LogP contribution is -2.25. The SMILES string of the molecule is CCC1CCc2nc(NC(=O)c3n[nH]c4c3CNCC4)sc2C1.Cl. The van der Waals surface area contributed by atoms with Crippen LogP contribution in [0, 0.1) is 5.92 Å². The van der Waals surface area contributed by atoms with Gasteiger partial charge in [0.15, 0.2) is 10.8 Å². The minimum Gasteiger partial charge on any atom is -0.312 e. The van der Waals surface area contributed by atoms with Gasteiger partial charge in [0.1, 0.15) is 0 Å². The molecule has 0 spiro atoms. The van der Waals surface area contributed by atoms with Crippen molar-refractivity contribution < 1.29 is 4.79 Å². The van der Waals surface area contributed by atoms with E-state index >= 15 is 0 Å². The zero-order valence-electron chi connectivity index (χ0n) is 13.6. The second-order valence-corrected chi connectivity index (χ2v) is 7.40. The Hall–Kier alpha value is -1.44. The summed E-state index contributed by atoms with van der Waals surface area (Å²) in [6.45, 7) is 3.86. The van der Waals surface area contributed by atoms with Gasteiger partial charge in [-0.15, -0.1) is 23.7 Å². The lowest BCUT2D eigenvalue weighted by molar-refractivity contribution is 0.102. The number of hydrogen-bond donors (Lipinski definition) is 3. The maximum Gasteiger partial charge on any atom is 0.278 e. The van der Waals surface area contributed by atoms with E-state index in [0.717, 1.165) is 43.0 Å². The van der Waals surface area contributed by atoms with Gasteiger partial charge in [0.2, 0.25) is 0 Å². The van der Waals surface area contributed by atoms with Gasteiger partial charge in [-0.25, -0.2) is 4.98 Å². The molecule has 2 aromatic heterocycles. The van der Waals surface area contributed by atoms with Crippen molar-refractivity contribution in [2.75, 3.05) is 11.9 Å². The molecule has 1 aliphatic heterocycles. The van der Waals surface area contributed by atoms with Crippen molar-refractivity contribution >= 4 is 34.8 Å². The number of nitrogens with zero attached hydrogens (tertiary/aromatic N) is 2. The molecular formula is C16H22ClN5OS. The van der Waals surface area contributed by atoms with E-state index in [0.29, 0.717) is 17.4 Å². The summed E-state index contributed by atoms with van der Waals surface area (Å²) >= 11 is 1.62. The summed E-state index contributed by atoms with van der Waals surface area (Å²) in [5, 5.41) is 14.1. The van der Waals surface area contributed by atoms with E-state index in [2.05, 4.69) is 32.7 Å². The molecule has 2 aromatic rings. The number of fused-ring (bicyclic) bond motifs is 2. The quantitative estimate of drug-likeness (QED) is 0.778. The maximum atomic E-state index is 12.5. The third kappa shape index (κ3) is 3.20. The molecule has 0 fully saturated rings. The molecule has 2 aliphatic rings. The third-order valence-corrected chi connectivity index (χ3v) is 5.90. The van der Waals surface area contributed by atoms with Crippen LogP contribution in [0.2, 0.25) is 0 Å². The number of hydrogen-bond acceptors (Lipinski definition) is 5. The van der Waals surface area contributed by atoms with Crippen LogP contribution >= 0.6 is 23.7 Å². The van der Waals surface area contributed by atoms with E-state index in [1.807, 2.05) is 0 Å². The second kappa shape index (κ2) is 7.21. The maximum absolute atomic E-state index is 12.5. The van der Waals surface area contributed by atoms with Crippen LogP contribution < -0.4 is 10.6 Å². The lowest BCUT2D eigenvalue weighted by atomic mass is 9.89. The number of aromatic nitrogens is 3. The van der Waals surface area contributed by atoms with Gasteiger partial charge in [0, 0.05) is 35.6 Å². The Morgan fingerprint density at radius 3 is 3.12 bits per heavy atom. The van der Waals surface area contributed by atoms with Crippen LogP contribution in [0.4, 0.5) is 5.13 Å². The summed E-state index contributed by atoms with van der Waals surface area (Å²) in [6, 6.07) is 0. The second-order valence-electron chi connectivity index (χ2n) is 6.32. The fraction of sp³-hybridized carbons (Fsp3) is 0.562. The average Bonchev–Trinajstić information content (AvgIpc) is 3.17. The number of aryl methyl sites for hydroxylation is 1. The molecule has 3 heterocycles. The molecule has 4 rings (SSSR count). The number of halogens is 1. The Bertz CT molecular complexity index is 741. The average molecular weight is 368 g/mol. The topological polar surface area (TPSA) is 82.7 Å². The van der Waals surface area contributed by atoms with Crippen LogP contribution in [-0.4, -0.2) is 27.6 Å². The van der Waals surface area contributed by atoms with Gasteiger partial charge in [-0.2, -0.15) is 5.10 Å². The molecule has 24 heavy (non-hydrogen) atoms. The minimum absolute atomic E-state index is 0. The number of carbonyl (C=O) groups excluding carboxylic acids is 1. The van der Waals surface area contributed by atoms with Crippen molar-refractivity contribution in [3.05, 3.63) is 27.5 Å². The Kier molecular flexibility index (Phi) is 5.22. The summed E-state index contributed by atoms with van der Waals surface area (Å²) in [7, 11) is 0. The van der Waals surface area contributed by atoms with Crippen molar-refractivity contribution in [3.63, 3.8) is 0 Å². The van der Waals surface area contributed by atoms with Gasteiger partial charge >= 0.3 is 0 Å². The number of anilines is 1. The summed E-state index contributed by atoms with van der Waals surface area (Å²) < 4.78 is 0. The van der Waals surface area contributed by atoms with Gasteiger partial charge in [-0.3, -0.25) is 15.2 Å². The van der Waals surface area contributed by atoms with Crippen LogP contribution in [0.3, 0.4) is 0 Å². The number of carbonyl (C=O) groups is 1. The van der Waals surface area contributed by atoms with Crippen molar-refractivity contribution in [3.8, 4) is 0 Å². The zero-order valence-corrected chi connectivity index (χ0v) is 15.3. The molecule has 1 aliphatic carbocycles. The van der Waals surface area contributed by atoms with E-state index in [9.17, 15) is 4.79 Å². The molecule has 1 unspecified atom stereocenters. The van der Waals surface area contributed by atoms with Gasteiger partial charge in [-0.1, -0.05) is 13.3 Å². The number of amides is 1. The largest absolute Gasteiger partial charge is 0.312 e. The molecule has 3 N–H and O–H groups in total. The fourth-order valence-electron chi connectivity index (χ4n) is 3.41. The summed E-state index contributed by atoms with van der Waals surface area (Å²) in [5.74, 6) is 0.597. The van der Waals surface area contributed by atoms with Crippen molar-refractivity contribution in [2.24, 2.45) is 5.92 Å². The van der Waals surface area contributed by atoms with Crippen LogP contribution in [-0.2, 0) is 25.8 Å². The molecular weight excluding hydrogens is 346 g/mol. The Labute approximate surface area is 151 Å². The van der Waals surface area contributed by atoms with Gasteiger partial charge in [0.25, 0.3) is 5.91 Å². The smallest absolute Gasteiger partial charge is 0.278 e. The van der Waals surface area contributed by atoms with Crippen LogP contribution in [0.25, 0.3) is 0 Å². The molecule has 8 heteroatoms. The monoisotopic (exact) mass is 367 g/mol. The van der Waals surface area contributed by atoms with Gasteiger partial charge in [0.05, 0.1) is 5.69 Å². The van der Waals surface area contributed by atoms with E-state index in [-0.39, 0.29) is 18.3 Å². The predicted octanol–water partition coefficient (Wildman–Crippen LogP) is 2.70. The number of thiazole rings is 1. The van der Waals surface area contributed by atoms with Crippen LogP contribution in [0.15, 0.2) is 0 Å². The molecule has 0 saturated heterocycles. The minimum atomic E-state index is -0.163. The number of rotatable bonds is 3. The highest BCUT2D eigenvalue weighted by atomic mass is 35.5. The zero-order chi connectivity index (χ0) is 15.8.